The van der Waals surface area contributed by atoms with Crippen LogP contribution in [0, 0.1) is 6.92 Å². The highest BCUT2D eigenvalue weighted by atomic mass is 16.3. The van der Waals surface area contributed by atoms with Crippen LogP contribution in [0.3, 0.4) is 0 Å². The van der Waals surface area contributed by atoms with Crippen molar-refractivity contribution in [2.75, 3.05) is 11.9 Å². The minimum atomic E-state index is -0.405. The van der Waals surface area contributed by atoms with E-state index in [1.54, 1.807) is 32.0 Å². The molecule has 0 radical (unpaired) electrons. The zero-order valence-electron chi connectivity index (χ0n) is 9.86. The predicted molar refractivity (Wildman–Crippen MR) is 65.3 cm³/mol. The minimum Gasteiger partial charge on any atom is -0.394 e. The highest BCUT2D eigenvalue weighted by Gasteiger charge is 2.08. The van der Waals surface area contributed by atoms with Crippen molar-refractivity contribution < 1.29 is 14.7 Å². The van der Waals surface area contributed by atoms with E-state index in [2.05, 4.69) is 10.6 Å². The maximum Gasteiger partial charge on any atom is 0.319 e. The summed E-state index contributed by atoms with van der Waals surface area (Å²) < 4.78 is 0. The SMILES string of the molecule is Cc1c(C=O)cccc1NC(=O)NC(C)CO. The summed E-state index contributed by atoms with van der Waals surface area (Å²) in [5.41, 5.74) is 1.84. The maximum absolute atomic E-state index is 11.5. The number of anilines is 1. The van der Waals surface area contributed by atoms with Crippen LogP contribution in [0.2, 0.25) is 0 Å². The number of hydrogen-bond donors (Lipinski definition) is 3. The van der Waals surface area contributed by atoms with Crippen molar-refractivity contribution in [1.82, 2.24) is 5.32 Å². The lowest BCUT2D eigenvalue weighted by atomic mass is 10.1. The Morgan fingerprint density at radius 2 is 2.24 bits per heavy atom. The number of benzene rings is 1. The quantitative estimate of drug-likeness (QED) is 0.690. The molecule has 0 aliphatic carbocycles. The molecule has 5 heteroatoms. The van der Waals surface area contributed by atoms with Gasteiger partial charge in [0, 0.05) is 11.3 Å². The molecule has 0 aromatic heterocycles. The van der Waals surface area contributed by atoms with Gasteiger partial charge in [-0.05, 0) is 25.5 Å². The second kappa shape index (κ2) is 6.00. The van der Waals surface area contributed by atoms with E-state index < -0.39 is 6.03 Å². The van der Waals surface area contributed by atoms with Gasteiger partial charge in [-0.2, -0.15) is 0 Å². The number of aliphatic hydroxyl groups is 1. The van der Waals surface area contributed by atoms with Gasteiger partial charge < -0.3 is 15.7 Å². The van der Waals surface area contributed by atoms with E-state index in [0.717, 1.165) is 6.29 Å². The van der Waals surface area contributed by atoms with Gasteiger partial charge >= 0.3 is 6.03 Å². The zero-order valence-corrected chi connectivity index (χ0v) is 9.86. The van der Waals surface area contributed by atoms with E-state index in [9.17, 15) is 9.59 Å². The smallest absolute Gasteiger partial charge is 0.319 e. The van der Waals surface area contributed by atoms with Crippen molar-refractivity contribution in [2.45, 2.75) is 19.9 Å². The average molecular weight is 236 g/mol. The fourth-order valence-corrected chi connectivity index (χ4v) is 1.34. The highest BCUT2D eigenvalue weighted by Crippen LogP contribution is 2.17. The molecule has 0 aliphatic rings. The highest BCUT2D eigenvalue weighted by molar-refractivity contribution is 5.92. The minimum absolute atomic E-state index is 0.124. The number of amides is 2. The molecule has 0 heterocycles. The predicted octanol–water partition coefficient (Wildman–Crippen LogP) is 1.31. The lowest BCUT2D eigenvalue weighted by Gasteiger charge is -2.13. The third-order valence-corrected chi connectivity index (χ3v) is 2.40. The number of urea groups is 1. The topological polar surface area (TPSA) is 78.4 Å². The third-order valence-electron chi connectivity index (χ3n) is 2.40. The zero-order chi connectivity index (χ0) is 12.8. The number of carbonyl (C=O) groups excluding carboxylic acids is 2. The molecule has 0 spiro atoms. The second-order valence-electron chi connectivity index (χ2n) is 3.82. The average Bonchev–Trinajstić information content (AvgIpc) is 2.31. The van der Waals surface area contributed by atoms with Crippen LogP contribution in [0.5, 0.6) is 0 Å². The van der Waals surface area contributed by atoms with Crippen molar-refractivity contribution in [2.24, 2.45) is 0 Å². The lowest BCUT2D eigenvalue weighted by molar-refractivity contribution is 0.112. The first kappa shape index (κ1) is 13.2. The number of hydrogen-bond acceptors (Lipinski definition) is 3. The van der Waals surface area contributed by atoms with Crippen LogP contribution in [0.15, 0.2) is 18.2 Å². The van der Waals surface area contributed by atoms with Crippen molar-refractivity contribution in [3.8, 4) is 0 Å². The summed E-state index contributed by atoms with van der Waals surface area (Å²) in [5, 5.41) is 14.0. The van der Waals surface area contributed by atoms with Gasteiger partial charge in [-0.15, -0.1) is 0 Å². The summed E-state index contributed by atoms with van der Waals surface area (Å²) in [7, 11) is 0. The molecule has 92 valence electrons. The van der Waals surface area contributed by atoms with Gasteiger partial charge in [0.25, 0.3) is 0 Å². The Bertz CT molecular complexity index is 418. The Balaban J connectivity index is 2.75. The number of nitrogens with one attached hydrogen (secondary N) is 2. The standard InChI is InChI=1S/C12H16N2O3/c1-8(6-15)13-12(17)14-11-5-3-4-10(7-16)9(11)2/h3-5,7-8,15H,6H2,1-2H3,(H2,13,14,17). The molecule has 1 rings (SSSR count). The van der Waals surface area contributed by atoms with Crippen LogP contribution in [-0.2, 0) is 0 Å². The van der Waals surface area contributed by atoms with Gasteiger partial charge in [-0.3, -0.25) is 4.79 Å². The lowest BCUT2D eigenvalue weighted by Crippen LogP contribution is -2.38. The monoisotopic (exact) mass is 236 g/mol. The van der Waals surface area contributed by atoms with Gasteiger partial charge in [-0.25, -0.2) is 4.79 Å². The summed E-state index contributed by atoms with van der Waals surface area (Å²) >= 11 is 0. The third kappa shape index (κ3) is 3.57. The van der Waals surface area contributed by atoms with Gasteiger partial charge in [0.15, 0.2) is 0 Å². The molecule has 1 aromatic carbocycles. The van der Waals surface area contributed by atoms with Crippen molar-refractivity contribution >= 4 is 18.0 Å². The molecule has 5 nitrogen and oxygen atoms in total. The summed E-state index contributed by atoms with van der Waals surface area (Å²) in [4.78, 5) is 22.2. The van der Waals surface area contributed by atoms with E-state index in [1.807, 2.05) is 0 Å². The number of aldehydes is 1. The van der Waals surface area contributed by atoms with Gasteiger partial charge in [0.05, 0.1) is 12.6 Å². The van der Waals surface area contributed by atoms with Crippen molar-refractivity contribution in [1.29, 1.82) is 0 Å². The molecule has 0 bridgehead atoms. The molecule has 0 saturated carbocycles. The first-order chi connectivity index (χ1) is 8.08. The molecule has 3 N–H and O–H groups in total. The maximum atomic E-state index is 11.5. The molecule has 0 fully saturated rings. The molecule has 0 saturated heterocycles. The fraction of sp³-hybridized carbons (Fsp3) is 0.333. The molecular weight excluding hydrogens is 220 g/mol. The first-order valence-electron chi connectivity index (χ1n) is 5.31. The van der Waals surface area contributed by atoms with E-state index >= 15 is 0 Å². The Hall–Kier alpha value is -1.88. The normalized spacial score (nSPS) is 11.7. The fourth-order valence-electron chi connectivity index (χ4n) is 1.34. The van der Waals surface area contributed by atoms with Crippen LogP contribution in [0.1, 0.15) is 22.8 Å². The number of aliphatic hydroxyl groups excluding tert-OH is 1. The van der Waals surface area contributed by atoms with Crippen molar-refractivity contribution in [3.05, 3.63) is 29.3 Å². The Morgan fingerprint density at radius 3 is 2.82 bits per heavy atom. The summed E-state index contributed by atoms with van der Waals surface area (Å²) in [6.07, 6.45) is 0.745. The molecule has 1 aromatic rings. The first-order valence-corrected chi connectivity index (χ1v) is 5.31. The number of rotatable bonds is 4. The Morgan fingerprint density at radius 1 is 1.53 bits per heavy atom. The molecule has 0 aliphatic heterocycles. The van der Waals surface area contributed by atoms with E-state index in [-0.39, 0.29) is 12.6 Å². The molecule has 2 amide bonds. The molecule has 1 atom stereocenters. The van der Waals surface area contributed by atoms with Crippen LogP contribution in [0.25, 0.3) is 0 Å². The Labute approximate surface area is 99.8 Å². The van der Waals surface area contributed by atoms with Gasteiger partial charge in [0.1, 0.15) is 6.29 Å². The summed E-state index contributed by atoms with van der Waals surface area (Å²) in [5.74, 6) is 0. The van der Waals surface area contributed by atoms with Crippen LogP contribution in [0.4, 0.5) is 10.5 Å². The van der Waals surface area contributed by atoms with Crippen molar-refractivity contribution in [3.63, 3.8) is 0 Å². The summed E-state index contributed by atoms with van der Waals surface area (Å²) in [6, 6.07) is 4.37. The second-order valence-corrected chi connectivity index (χ2v) is 3.82. The van der Waals surface area contributed by atoms with E-state index in [1.165, 1.54) is 0 Å². The largest absolute Gasteiger partial charge is 0.394 e. The molecule has 17 heavy (non-hydrogen) atoms. The van der Waals surface area contributed by atoms with Gasteiger partial charge in [-0.1, -0.05) is 12.1 Å². The van der Waals surface area contributed by atoms with E-state index in [0.29, 0.717) is 16.8 Å². The van der Waals surface area contributed by atoms with Gasteiger partial charge in [0.2, 0.25) is 0 Å². The molecule has 1 unspecified atom stereocenters. The molecular formula is C12H16N2O3. The van der Waals surface area contributed by atoms with Crippen LogP contribution >= 0.6 is 0 Å². The van der Waals surface area contributed by atoms with E-state index in [4.69, 9.17) is 5.11 Å². The summed E-state index contributed by atoms with van der Waals surface area (Å²) in [6.45, 7) is 3.32. The van der Waals surface area contributed by atoms with Crippen LogP contribution in [-0.4, -0.2) is 30.1 Å². The Kier molecular flexibility index (Phi) is 4.66. The number of carbonyl (C=O) groups is 2. The van der Waals surface area contributed by atoms with Crippen LogP contribution < -0.4 is 10.6 Å².